The van der Waals surface area contributed by atoms with Gasteiger partial charge in [-0.1, -0.05) is 54.6 Å². The maximum atomic E-state index is 13.1. The molecule has 1 aliphatic carbocycles. The first kappa shape index (κ1) is 28.7. The van der Waals surface area contributed by atoms with E-state index in [4.69, 9.17) is 9.97 Å². The van der Waals surface area contributed by atoms with Gasteiger partial charge in [-0.3, -0.25) is 0 Å². The highest BCUT2D eigenvalue weighted by Gasteiger charge is 2.32. The van der Waals surface area contributed by atoms with Crippen LogP contribution in [0.2, 0.25) is 0 Å². The first-order valence-electron chi connectivity index (χ1n) is 14.1. The number of halogens is 3. The Kier molecular flexibility index (Phi) is 8.93. The molecule has 1 aromatic heterocycles. The van der Waals surface area contributed by atoms with Crippen LogP contribution in [0, 0.1) is 11.8 Å². The van der Waals surface area contributed by atoms with Crippen molar-refractivity contribution < 1.29 is 17.9 Å². The highest BCUT2D eigenvalue weighted by Crippen LogP contribution is 2.33. The third-order valence-corrected chi connectivity index (χ3v) is 7.67. The van der Waals surface area contributed by atoms with Crippen LogP contribution in [-0.2, 0) is 6.54 Å². The van der Waals surface area contributed by atoms with Crippen molar-refractivity contribution in [2.75, 3.05) is 37.4 Å². The Hall–Kier alpha value is -3.85. The van der Waals surface area contributed by atoms with E-state index >= 15 is 0 Å². The standard InChI is InChI=1S/C32H36F3N5O/c1-40(2)30-27-10-6-7-11-28(27)38-31(39-30)37-20-23-14-12-22(13-15-23)19-36-21-26-17-16-25(24-8-4-3-5-9-24)18-29(26)41-32(33,34)35/h3-11,16-18,22-23,36H,12-15,19-21H2,1-2H3,(H,37,38,39). The zero-order valence-electron chi connectivity index (χ0n) is 23.4. The molecule has 0 unspecified atom stereocenters. The van der Waals surface area contributed by atoms with E-state index < -0.39 is 6.36 Å². The minimum absolute atomic E-state index is 0.158. The van der Waals surface area contributed by atoms with Crippen LogP contribution in [-0.4, -0.2) is 43.5 Å². The molecule has 1 fully saturated rings. The molecule has 9 heteroatoms. The van der Waals surface area contributed by atoms with E-state index in [1.165, 1.54) is 6.07 Å². The molecule has 4 aromatic rings. The van der Waals surface area contributed by atoms with Crippen LogP contribution in [0.15, 0.2) is 72.8 Å². The number of nitrogens with one attached hydrogen (secondary N) is 2. The summed E-state index contributed by atoms with van der Waals surface area (Å²) >= 11 is 0. The van der Waals surface area contributed by atoms with Gasteiger partial charge in [0, 0.05) is 38.1 Å². The molecule has 0 amide bonds. The molecule has 6 nitrogen and oxygen atoms in total. The fourth-order valence-corrected chi connectivity index (χ4v) is 5.50. The number of fused-ring (bicyclic) bond motifs is 1. The van der Waals surface area contributed by atoms with Gasteiger partial charge in [0.2, 0.25) is 5.95 Å². The van der Waals surface area contributed by atoms with Crippen LogP contribution in [0.5, 0.6) is 5.75 Å². The van der Waals surface area contributed by atoms with Crippen molar-refractivity contribution in [3.05, 3.63) is 78.4 Å². The van der Waals surface area contributed by atoms with Gasteiger partial charge in [0.1, 0.15) is 11.6 Å². The van der Waals surface area contributed by atoms with E-state index in [0.717, 1.165) is 61.1 Å². The van der Waals surface area contributed by atoms with Crippen molar-refractivity contribution in [3.8, 4) is 16.9 Å². The third-order valence-electron chi connectivity index (χ3n) is 7.67. The van der Waals surface area contributed by atoms with Crippen molar-refractivity contribution in [1.82, 2.24) is 15.3 Å². The van der Waals surface area contributed by atoms with Crippen LogP contribution >= 0.6 is 0 Å². The van der Waals surface area contributed by atoms with E-state index in [1.54, 1.807) is 6.07 Å². The lowest BCUT2D eigenvalue weighted by atomic mass is 9.82. The maximum Gasteiger partial charge on any atom is 0.573 e. The van der Waals surface area contributed by atoms with Gasteiger partial charge >= 0.3 is 6.36 Å². The molecule has 216 valence electrons. The zero-order valence-corrected chi connectivity index (χ0v) is 23.4. The number of para-hydroxylation sites is 1. The van der Waals surface area contributed by atoms with Gasteiger partial charge < -0.3 is 20.3 Å². The predicted molar refractivity (Wildman–Crippen MR) is 158 cm³/mol. The number of rotatable bonds is 10. The van der Waals surface area contributed by atoms with Gasteiger partial charge in [-0.15, -0.1) is 13.2 Å². The summed E-state index contributed by atoms with van der Waals surface area (Å²) in [5, 5.41) is 7.86. The number of aromatic nitrogens is 2. The lowest BCUT2D eigenvalue weighted by Gasteiger charge is -2.29. The summed E-state index contributed by atoms with van der Waals surface area (Å²) in [4.78, 5) is 11.4. The van der Waals surface area contributed by atoms with Crippen LogP contribution in [0.3, 0.4) is 0 Å². The number of hydrogen-bond donors (Lipinski definition) is 2. The molecular weight excluding hydrogens is 527 g/mol. The molecular formula is C32H36F3N5O. The molecule has 2 N–H and O–H groups in total. The number of hydrogen-bond acceptors (Lipinski definition) is 6. The normalized spacial score (nSPS) is 17.4. The molecule has 0 aliphatic heterocycles. The van der Waals surface area contributed by atoms with Crippen molar-refractivity contribution in [2.45, 2.75) is 38.6 Å². The number of anilines is 2. The SMILES string of the molecule is CN(C)c1nc(NCC2CCC(CNCc3ccc(-c4ccccc4)cc3OC(F)(F)F)CC2)nc2ccccc12. The predicted octanol–water partition coefficient (Wildman–Crippen LogP) is 7.27. The van der Waals surface area contributed by atoms with Gasteiger partial charge in [0.05, 0.1) is 5.52 Å². The Morgan fingerprint density at radius 2 is 1.51 bits per heavy atom. The van der Waals surface area contributed by atoms with Crippen LogP contribution in [0.1, 0.15) is 31.2 Å². The van der Waals surface area contributed by atoms with Crippen LogP contribution in [0.25, 0.3) is 22.0 Å². The van der Waals surface area contributed by atoms with E-state index in [1.807, 2.05) is 79.7 Å². The third kappa shape index (κ3) is 7.67. The molecule has 41 heavy (non-hydrogen) atoms. The highest BCUT2D eigenvalue weighted by atomic mass is 19.4. The number of benzene rings is 3. The molecule has 1 aliphatic rings. The van der Waals surface area contributed by atoms with Gasteiger partial charge in [-0.05, 0) is 73.4 Å². The minimum atomic E-state index is -4.75. The van der Waals surface area contributed by atoms with E-state index in [2.05, 4.69) is 15.4 Å². The molecule has 0 bridgehead atoms. The highest BCUT2D eigenvalue weighted by molar-refractivity contribution is 5.90. The van der Waals surface area contributed by atoms with Crippen molar-refractivity contribution in [2.24, 2.45) is 11.8 Å². The summed E-state index contributed by atoms with van der Waals surface area (Å²) in [6.45, 7) is 1.89. The maximum absolute atomic E-state index is 13.1. The molecule has 1 heterocycles. The van der Waals surface area contributed by atoms with E-state index in [9.17, 15) is 13.2 Å². The fraction of sp³-hybridized carbons (Fsp3) is 0.375. The molecule has 0 saturated heterocycles. The van der Waals surface area contributed by atoms with Gasteiger partial charge in [-0.2, -0.15) is 4.98 Å². The van der Waals surface area contributed by atoms with Gasteiger partial charge in [0.25, 0.3) is 0 Å². The minimum Gasteiger partial charge on any atom is -0.405 e. The second kappa shape index (κ2) is 12.8. The van der Waals surface area contributed by atoms with E-state index in [-0.39, 0.29) is 5.75 Å². The summed E-state index contributed by atoms with van der Waals surface area (Å²) < 4.78 is 43.8. The average molecular weight is 564 g/mol. The van der Waals surface area contributed by atoms with Gasteiger partial charge in [-0.25, -0.2) is 4.98 Å². The van der Waals surface area contributed by atoms with Gasteiger partial charge in [0.15, 0.2) is 0 Å². The number of nitrogens with zero attached hydrogens (tertiary/aromatic N) is 3. The zero-order chi connectivity index (χ0) is 28.8. The van der Waals surface area contributed by atoms with Crippen LogP contribution in [0.4, 0.5) is 24.9 Å². The average Bonchev–Trinajstić information content (AvgIpc) is 2.96. The van der Waals surface area contributed by atoms with Crippen LogP contribution < -0.4 is 20.3 Å². The van der Waals surface area contributed by atoms with Crippen molar-refractivity contribution >= 4 is 22.7 Å². The second-order valence-corrected chi connectivity index (χ2v) is 10.9. The Balaban J connectivity index is 1.12. The summed E-state index contributed by atoms with van der Waals surface area (Å²) in [5.41, 5.74) is 2.94. The second-order valence-electron chi connectivity index (χ2n) is 10.9. The number of ether oxygens (including phenoxy) is 1. The Bertz CT molecular complexity index is 1440. The monoisotopic (exact) mass is 563 g/mol. The first-order chi connectivity index (χ1) is 19.7. The Morgan fingerprint density at radius 3 is 2.22 bits per heavy atom. The molecule has 0 spiro atoms. The topological polar surface area (TPSA) is 62.3 Å². The fourth-order valence-electron chi connectivity index (χ4n) is 5.50. The summed E-state index contributed by atoms with van der Waals surface area (Å²) in [7, 11) is 3.97. The summed E-state index contributed by atoms with van der Waals surface area (Å²) in [5.74, 6) is 2.40. The smallest absolute Gasteiger partial charge is 0.405 e. The molecule has 0 atom stereocenters. The summed E-state index contributed by atoms with van der Waals surface area (Å²) in [6.07, 6.45) is -0.439. The summed E-state index contributed by atoms with van der Waals surface area (Å²) in [6, 6.07) is 22.4. The quantitative estimate of drug-likeness (QED) is 0.212. The van der Waals surface area contributed by atoms with Crippen molar-refractivity contribution in [1.29, 1.82) is 0 Å². The first-order valence-corrected chi connectivity index (χ1v) is 14.1. The van der Waals surface area contributed by atoms with Crippen molar-refractivity contribution in [3.63, 3.8) is 0 Å². The lowest BCUT2D eigenvalue weighted by Crippen LogP contribution is -2.29. The molecule has 0 radical (unpaired) electrons. The lowest BCUT2D eigenvalue weighted by molar-refractivity contribution is -0.274. The Labute approximate surface area is 239 Å². The number of alkyl halides is 3. The van der Waals surface area contributed by atoms with E-state index in [0.29, 0.717) is 35.5 Å². The molecule has 3 aromatic carbocycles. The Morgan fingerprint density at radius 1 is 0.829 bits per heavy atom. The largest absolute Gasteiger partial charge is 0.573 e. The molecule has 1 saturated carbocycles. The molecule has 5 rings (SSSR count).